The van der Waals surface area contributed by atoms with E-state index >= 15 is 0 Å². The predicted octanol–water partition coefficient (Wildman–Crippen LogP) is 3.98. The summed E-state index contributed by atoms with van der Waals surface area (Å²) in [5, 5.41) is 11.7. The Hall–Kier alpha value is -2.72. The van der Waals surface area contributed by atoms with Crippen LogP contribution in [0.2, 0.25) is 5.02 Å². The van der Waals surface area contributed by atoms with E-state index in [-0.39, 0.29) is 5.91 Å². The Balaban J connectivity index is 1.64. The molecule has 0 fully saturated rings. The van der Waals surface area contributed by atoms with E-state index in [4.69, 9.17) is 11.6 Å². The molecule has 1 amide bonds. The van der Waals surface area contributed by atoms with Gasteiger partial charge in [-0.3, -0.25) is 4.79 Å². The molecule has 0 bridgehead atoms. The van der Waals surface area contributed by atoms with E-state index in [0.717, 1.165) is 51.4 Å². The molecule has 3 aromatic rings. The highest BCUT2D eigenvalue weighted by Crippen LogP contribution is 2.31. The molecule has 5 heteroatoms. The quantitative estimate of drug-likeness (QED) is 0.765. The van der Waals surface area contributed by atoms with Gasteiger partial charge < -0.3 is 5.32 Å². The third-order valence-corrected chi connectivity index (χ3v) is 5.35. The van der Waals surface area contributed by atoms with Crippen LogP contribution in [0.3, 0.4) is 0 Å². The fraction of sp³-hybridized carbons (Fsp3) is 0.190. The summed E-state index contributed by atoms with van der Waals surface area (Å²) >= 11 is 6.56. The zero-order valence-corrected chi connectivity index (χ0v) is 15.2. The number of nitrogens with one attached hydrogen (secondary N) is 1. The number of rotatable bonds is 3. The number of benzene rings is 2. The van der Waals surface area contributed by atoms with Crippen LogP contribution >= 0.6 is 11.6 Å². The van der Waals surface area contributed by atoms with E-state index in [1.54, 1.807) is 6.20 Å². The third-order valence-electron chi connectivity index (χ3n) is 4.84. The van der Waals surface area contributed by atoms with Gasteiger partial charge in [-0.25, -0.2) is 0 Å². The first-order valence-electron chi connectivity index (χ1n) is 8.59. The summed E-state index contributed by atoms with van der Waals surface area (Å²) in [7, 11) is 0. The van der Waals surface area contributed by atoms with Gasteiger partial charge in [0.15, 0.2) is 0 Å². The van der Waals surface area contributed by atoms with Crippen molar-refractivity contribution in [3.8, 4) is 11.3 Å². The molecule has 2 aromatic carbocycles. The molecule has 1 aromatic heterocycles. The van der Waals surface area contributed by atoms with Crippen LogP contribution in [0.15, 0.2) is 48.7 Å². The molecule has 0 radical (unpaired) electrons. The van der Waals surface area contributed by atoms with Gasteiger partial charge in [0.05, 0.1) is 5.69 Å². The van der Waals surface area contributed by atoms with Crippen LogP contribution in [0.5, 0.6) is 0 Å². The SMILES string of the molecule is Cc1c(Cc2ccc(-c3cccnn3)cc2)cc2c(c1Cl)CCNC2=O. The molecule has 0 saturated carbocycles. The molecule has 1 N–H and O–H groups in total. The first-order valence-corrected chi connectivity index (χ1v) is 8.97. The monoisotopic (exact) mass is 363 g/mol. The number of fused-ring (bicyclic) bond motifs is 1. The molecule has 0 atom stereocenters. The predicted molar refractivity (Wildman–Crippen MR) is 103 cm³/mol. The van der Waals surface area contributed by atoms with Gasteiger partial charge in [-0.05, 0) is 60.2 Å². The van der Waals surface area contributed by atoms with Crippen LogP contribution in [0, 0.1) is 6.92 Å². The number of amides is 1. The Morgan fingerprint density at radius 1 is 1.19 bits per heavy atom. The number of halogens is 1. The summed E-state index contributed by atoms with van der Waals surface area (Å²) in [5.74, 6) is -0.0348. The van der Waals surface area contributed by atoms with Crippen molar-refractivity contribution in [2.75, 3.05) is 6.54 Å². The van der Waals surface area contributed by atoms with Gasteiger partial charge in [0.1, 0.15) is 0 Å². The van der Waals surface area contributed by atoms with Crippen LogP contribution in [0.25, 0.3) is 11.3 Å². The van der Waals surface area contributed by atoms with Gasteiger partial charge in [-0.15, -0.1) is 0 Å². The average molecular weight is 364 g/mol. The highest BCUT2D eigenvalue weighted by molar-refractivity contribution is 6.32. The van der Waals surface area contributed by atoms with Gasteiger partial charge in [-0.2, -0.15) is 10.2 Å². The molecule has 0 unspecified atom stereocenters. The average Bonchev–Trinajstić information content (AvgIpc) is 2.68. The number of hydrogen-bond donors (Lipinski definition) is 1. The molecule has 0 aliphatic carbocycles. The zero-order valence-electron chi connectivity index (χ0n) is 14.4. The molecule has 130 valence electrons. The lowest BCUT2D eigenvalue weighted by Gasteiger charge is -2.21. The molecular weight excluding hydrogens is 346 g/mol. The normalized spacial score (nSPS) is 13.2. The summed E-state index contributed by atoms with van der Waals surface area (Å²) in [6.07, 6.45) is 3.18. The summed E-state index contributed by atoms with van der Waals surface area (Å²) in [6.45, 7) is 2.67. The first-order chi connectivity index (χ1) is 12.6. The highest BCUT2D eigenvalue weighted by Gasteiger charge is 2.22. The van der Waals surface area contributed by atoms with Crippen molar-refractivity contribution in [1.29, 1.82) is 0 Å². The summed E-state index contributed by atoms with van der Waals surface area (Å²) < 4.78 is 0. The number of aromatic nitrogens is 2. The zero-order chi connectivity index (χ0) is 18.1. The van der Waals surface area contributed by atoms with Crippen molar-refractivity contribution in [3.63, 3.8) is 0 Å². The molecule has 1 aliphatic heterocycles. The van der Waals surface area contributed by atoms with Crippen LogP contribution in [0.1, 0.15) is 32.6 Å². The highest BCUT2D eigenvalue weighted by atomic mass is 35.5. The maximum absolute atomic E-state index is 12.2. The second kappa shape index (κ2) is 6.89. The van der Waals surface area contributed by atoms with Gasteiger partial charge in [0.2, 0.25) is 0 Å². The van der Waals surface area contributed by atoms with E-state index < -0.39 is 0 Å². The molecule has 4 nitrogen and oxygen atoms in total. The Bertz CT molecular complexity index is 969. The Morgan fingerprint density at radius 3 is 2.73 bits per heavy atom. The van der Waals surface area contributed by atoms with Crippen molar-refractivity contribution in [1.82, 2.24) is 15.5 Å². The van der Waals surface area contributed by atoms with Crippen molar-refractivity contribution < 1.29 is 4.79 Å². The Morgan fingerprint density at radius 2 is 2.00 bits per heavy atom. The lowest BCUT2D eigenvalue weighted by Crippen LogP contribution is -2.32. The van der Waals surface area contributed by atoms with E-state index in [1.165, 1.54) is 0 Å². The van der Waals surface area contributed by atoms with Crippen LogP contribution in [-0.4, -0.2) is 22.6 Å². The minimum absolute atomic E-state index is 0.0348. The molecule has 1 aliphatic rings. The number of carbonyl (C=O) groups excluding carboxylic acids is 1. The summed E-state index contributed by atoms with van der Waals surface area (Å²) in [4.78, 5) is 12.2. The second-order valence-electron chi connectivity index (χ2n) is 6.49. The topological polar surface area (TPSA) is 54.9 Å². The molecule has 0 spiro atoms. The van der Waals surface area contributed by atoms with Crippen molar-refractivity contribution in [2.24, 2.45) is 0 Å². The largest absolute Gasteiger partial charge is 0.352 e. The first kappa shape index (κ1) is 16.7. The molecule has 26 heavy (non-hydrogen) atoms. The lowest BCUT2D eigenvalue weighted by molar-refractivity contribution is 0.0946. The third kappa shape index (κ3) is 3.08. The summed E-state index contributed by atoms with van der Waals surface area (Å²) in [6, 6.07) is 14.0. The van der Waals surface area contributed by atoms with E-state index in [2.05, 4.69) is 27.6 Å². The van der Waals surface area contributed by atoms with Gasteiger partial charge in [0, 0.05) is 28.9 Å². The molecular formula is C21H18ClN3O. The molecule has 0 saturated heterocycles. The van der Waals surface area contributed by atoms with Gasteiger partial charge in [-0.1, -0.05) is 35.9 Å². The Labute approximate surface area is 157 Å². The van der Waals surface area contributed by atoms with Gasteiger partial charge in [0.25, 0.3) is 5.91 Å². The molecule has 2 heterocycles. The maximum Gasteiger partial charge on any atom is 0.251 e. The lowest BCUT2D eigenvalue weighted by atomic mass is 9.91. The van der Waals surface area contributed by atoms with E-state index in [0.29, 0.717) is 12.1 Å². The van der Waals surface area contributed by atoms with Crippen molar-refractivity contribution in [2.45, 2.75) is 19.8 Å². The maximum atomic E-state index is 12.2. The van der Waals surface area contributed by atoms with Crippen molar-refractivity contribution in [3.05, 3.63) is 81.5 Å². The summed E-state index contributed by atoms with van der Waals surface area (Å²) in [5.41, 5.74) is 6.85. The molecule has 4 rings (SSSR count). The van der Waals surface area contributed by atoms with Crippen molar-refractivity contribution >= 4 is 17.5 Å². The van der Waals surface area contributed by atoms with Crippen LogP contribution in [-0.2, 0) is 12.8 Å². The Kier molecular flexibility index (Phi) is 4.43. The number of nitrogens with zero attached hydrogens (tertiary/aromatic N) is 2. The van der Waals surface area contributed by atoms with Gasteiger partial charge >= 0.3 is 0 Å². The standard InChI is InChI=1S/C21H18ClN3O/c1-13-16(12-18-17(20(13)22)8-10-23-21(18)26)11-14-4-6-15(7-5-14)19-3-2-9-24-25-19/h2-7,9,12H,8,10-11H2,1H3,(H,23,26). The smallest absolute Gasteiger partial charge is 0.251 e. The van der Waals surface area contributed by atoms with E-state index in [1.807, 2.05) is 37.3 Å². The minimum Gasteiger partial charge on any atom is -0.352 e. The van der Waals surface area contributed by atoms with Crippen LogP contribution < -0.4 is 5.32 Å². The van der Waals surface area contributed by atoms with E-state index in [9.17, 15) is 4.79 Å². The number of hydrogen-bond acceptors (Lipinski definition) is 3. The fourth-order valence-corrected chi connectivity index (χ4v) is 3.67. The second-order valence-corrected chi connectivity index (χ2v) is 6.87. The minimum atomic E-state index is -0.0348. The number of carbonyl (C=O) groups is 1. The fourth-order valence-electron chi connectivity index (χ4n) is 3.35. The van der Waals surface area contributed by atoms with Crippen LogP contribution in [0.4, 0.5) is 0 Å².